The molecule has 1 saturated heterocycles. The van der Waals surface area contributed by atoms with Crippen LogP contribution < -0.4 is 5.56 Å². The van der Waals surface area contributed by atoms with Gasteiger partial charge in [-0.05, 0) is 48.5 Å². The van der Waals surface area contributed by atoms with Crippen LogP contribution in [0.1, 0.15) is 44.6 Å². The number of halogens is 1. The number of aromatic nitrogens is 2. The molecule has 1 unspecified atom stereocenters. The van der Waals surface area contributed by atoms with Crippen molar-refractivity contribution in [1.82, 2.24) is 9.97 Å². The van der Waals surface area contributed by atoms with Gasteiger partial charge in [-0.2, -0.15) is 0 Å². The highest BCUT2D eigenvalue weighted by atomic mass is 79.9. The number of aryl methyl sites for hydroxylation is 1. The zero-order chi connectivity index (χ0) is 12.5. The molecule has 2 rings (SSSR count). The van der Waals surface area contributed by atoms with Gasteiger partial charge in [0.05, 0.1) is 5.69 Å². The Morgan fingerprint density at radius 1 is 1.53 bits per heavy atom. The maximum atomic E-state index is 11.8. The molecule has 1 aliphatic heterocycles. The standard InChI is InChI=1S/C12H17BrN2O2/c1-3-8-9(13)10(16)15-11(14-8)12(2)6-4-5-7-17-12/h3-7H2,1-2H3,(H,14,15,16). The van der Waals surface area contributed by atoms with Crippen LogP contribution in [-0.2, 0) is 16.8 Å². The smallest absolute Gasteiger partial charge is 0.265 e. The van der Waals surface area contributed by atoms with Crippen molar-refractivity contribution in [2.45, 2.75) is 45.1 Å². The van der Waals surface area contributed by atoms with Crippen molar-refractivity contribution in [2.75, 3.05) is 6.61 Å². The molecule has 94 valence electrons. The largest absolute Gasteiger partial charge is 0.367 e. The molecule has 17 heavy (non-hydrogen) atoms. The third-order valence-electron chi connectivity index (χ3n) is 3.24. The number of rotatable bonds is 2. The molecule has 4 nitrogen and oxygen atoms in total. The summed E-state index contributed by atoms with van der Waals surface area (Å²) in [5.41, 5.74) is 0.226. The van der Waals surface area contributed by atoms with Gasteiger partial charge < -0.3 is 9.72 Å². The molecule has 0 radical (unpaired) electrons. The summed E-state index contributed by atoms with van der Waals surface area (Å²) in [4.78, 5) is 19.1. The molecule has 0 saturated carbocycles. The van der Waals surface area contributed by atoms with Gasteiger partial charge in [-0.15, -0.1) is 0 Å². The SMILES string of the molecule is CCc1nc(C2(C)CCCCO2)[nH]c(=O)c1Br. The van der Waals surface area contributed by atoms with E-state index in [2.05, 4.69) is 25.9 Å². The maximum absolute atomic E-state index is 11.8. The molecule has 1 aromatic rings. The summed E-state index contributed by atoms with van der Waals surface area (Å²) in [6.45, 7) is 4.72. The second-order valence-electron chi connectivity index (χ2n) is 4.57. The highest BCUT2D eigenvalue weighted by molar-refractivity contribution is 9.10. The number of aromatic amines is 1. The van der Waals surface area contributed by atoms with Crippen molar-refractivity contribution in [2.24, 2.45) is 0 Å². The zero-order valence-corrected chi connectivity index (χ0v) is 11.8. The van der Waals surface area contributed by atoms with Crippen LogP contribution in [0.5, 0.6) is 0 Å². The highest BCUT2D eigenvalue weighted by Crippen LogP contribution is 2.32. The third-order valence-corrected chi connectivity index (χ3v) is 4.05. The number of nitrogens with one attached hydrogen (secondary N) is 1. The van der Waals surface area contributed by atoms with Gasteiger partial charge in [0.1, 0.15) is 15.9 Å². The van der Waals surface area contributed by atoms with Crippen molar-refractivity contribution < 1.29 is 4.74 Å². The fourth-order valence-electron chi connectivity index (χ4n) is 2.11. The van der Waals surface area contributed by atoms with E-state index in [1.807, 2.05) is 13.8 Å². The fourth-order valence-corrected chi connectivity index (χ4v) is 2.58. The summed E-state index contributed by atoms with van der Waals surface area (Å²) in [5, 5.41) is 0. The predicted molar refractivity (Wildman–Crippen MR) is 69.1 cm³/mol. The van der Waals surface area contributed by atoms with Gasteiger partial charge in [-0.3, -0.25) is 4.79 Å². The van der Waals surface area contributed by atoms with E-state index in [1.54, 1.807) is 0 Å². The van der Waals surface area contributed by atoms with Gasteiger partial charge in [-0.25, -0.2) is 4.98 Å². The molecule has 0 amide bonds. The van der Waals surface area contributed by atoms with Crippen LogP contribution in [-0.4, -0.2) is 16.6 Å². The summed E-state index contributed by atoms with van der Waals surface area (Å²) >= 11 is 3.27. The van der Waals surface area contributed by atoms with Crippen LogP contribution >= 0.6 is 15.9 Å². The fraction of sp³-hybridized carbons (Fsp3) is 0.667. The molecule has 1 aromatic heterocycles. The topological polar surface area (TPSA) is 55.0 Å². The first-order valence-electron chi connectivity index (χ1n) is 6.00. The van der Waals surface area contributed by atoms with Crippen molar-refractivity contribution >= 4 is 15.9 Å². The first-order valence-corrected chi connectivity index (χ1v) is 6.79. The zero-order valence-electron chi connectivity index (χ0n) is 10.2. The summed E-state index contributed by atoms with van der Waals surface area (Å²) in [6.07, 6.45) is 3.82. The molecular formula is C12H17BrN2O2. The van der Waals surface area contributed by atoms with Crippen molar-refractivity contribution in [3.63, 3.8) is 0 Å². The molecule has 1 aliphatic rings. The maximum Gasteiger partial charge on any atom is 0.265 e. The van der Waals surface area contributed by atoms with E-state index in [0.717, 1.165) is 38.0 Å². The quantitative estimate of drug-likeness (QED) is 0.913. The number of hydrogen-bond acceptors (Lipinski definition) is 3. The minimum atomic E-state index is -0.442. The Morgan fingerprint density at radius 2 is 2.29 bits per heavy atom. The third kappa shape index (κ3) is 2.45. The van der Waals surface area contributed by atoms with Gasteiger partial charge in [-0.1, -0.05) is 6.92 Å². The van der Waals surface area contributed by atoms with Gasteiger partial charge >= 0.3 is 0 Å². The lowest BCUT2D eigenvalue weighted by Crippen LogP contribution is -2.34. The summed E-state index contributed by atoms with van der Waals surface area (Å²) in [5.74, 6) is 0.655. The molecule has 1 fully saturated rings. The molecule has 0 spiro atoms. The normalized spacial score (nSPS) is 24.9. The summed E-state index contributed by atoms with van der Waals surface area (Å²) in [7, 11) is 0. The molecule has 1 atom stereocenters. The van der Waals surface area contributed by atoms with E-state index in [1.165, 1.54) is 0 Å². The van der Waals surface area contributed by atoms with E-state index in [9.17, 15) is 4.79 Å². The Hall–Kier alpha value is -0.680. The Kier molecular flexibility index (Phi) is 3.68. The van der Waals surface area contributed by atoms with E-state index in [0.29, 0.717) is 10.3 Å². The lowest BCUT2D eigenvalue weighted by atomic mass is 9.95. The Bertz CT molecular complexity index is 464. The van der Waals surface area contributed by atoms with Crippen molar-refractivity contribution in [3.8, 4) is 0 Å². The predicted octanol–water partition coefficient (Wildman–Crippen LogP) is 2.51. The first kappa shape index (κ1) is 12.8. The Balaban J connectivity index is 2.45. The van der Waals surface area contributed by atoms with Crippen LogP contribution in [0.25, 0.3) is 0 Å². The molecule has 5 heteroatoms. The van der Waals surface area contributed by atoms with Crippen LogP contribution in [0.4, 0.5) is 0 Å². The molecule has 2 heterocycles. The van der Waals surface area contributed by atoms with Crippen LogP contribution in [0.3, 0.4) is 0 Å². The van der Waals surface area contributed by atoms with Crippen LogP contribution in [0, 0.1) is 0 Å². The summed E-state index contributed by atoms with van der Waals surface area (Å²) < 4.78 is 6.33. The van der Waals surface area contributed by atoms with E-state index >= 15 is 0 Å². The minimum absolute atomic E-state index is 0.123. The average molecular weight is 301 g/mol. The molecule has 0 aliphatic carbocycles. The monoisotopic (exact) mass is 300 g/mol. The Morgan fingerprint density at radius 3 is 2.88 bits per heavy atom. The van der Waals surface area contributed by atoms with Gasteiger partial charge in [0.15, 0.2) is 0 Å². The van der Waals surface area contributed by atoms with E-state index < -0.39 is 5.60 Å². The Labute approximate surface area is 109 Å². The molecular weight excluding hydrogens is 284 g/mol. The number of hydrogen-bond donors (Lipinski definition) is 1. The second kappa shape index (κ2) is 4.90. The number of ether oxygens (including phenoxy) is 1. The number of H-pyrrole nitrogens is 1. The molecule has 0 bridgehead atoms. The first-order chi connectivity index (χ1) is 8.07. The lowest BCUT2D eigenvalue weighted by Gasteiger charge is -2.32. The summed E-state index contributed by atoms with van der Waals surface area (Å²) in [6, 6.07) is 0. The van der Waals surface area contributed by atoms with Gasteiger partial charge in [0.2, 0.25) is 0 Å². The van der Waals surface area contributed by atoms with Gasteiger partial charge in [0.25, 0.3) is 5.56 Å². The van der Waals surface area contributed by atoms with Crippen molar-refractivity contribution in [3.05, 3.63) is 26.3 Å². The number of nitrogens with zero attached hydrogens (tertiary/aromatic N) is 1. The minimum Gasteiger partial charge on any atom is -0.367 e. The van der Waals surface area contributed by atoms with E-state index in [4.69, 9.17) is 4.74 Å². The average Bonchev–Trinajstić information content (AvgIpc) is 2.33. The highest BCUT2D eigenvalue weighted by Gasteiger charge is 2.33. The van der Waals surface area contributed by atoms with Gasteiger partial charge in [0, 0.05) is 6.61 Å². The molecule has 1 N–H and O–H groups in total. The second-order valence-corrected chi connectivity index (χ2v) is 5.36. The van der Waals surface area contributed by atoms with Crippen LogP contribution in [0.2, 0.25) is 0 Å². The molecule has 0 aromatic carbocycles. The van der Waals surface area contributed by atoms with Crippen LogP contribution in [0.15, 0.2) is 9.27 Å². The van der Waals surface area contributed by atoms with E-state index in [-0.39, 0.29) is 5.56 Å². The lowest BCUT2D eigenvalue weighted by molar-refractivity contribution is -0.0763. The van der Waals surface area contributed by atoms with Crippen molar-refractivity contribution in [1.29, 1.82) is 0 Å².